The van der Waals surface area contributed by atoms with Gasteiger partial charge >= 0.3 is 0 Å². The molecule has 70 valence electrons. The van der Waals surface area contributed by atoms with E-state index >= 15 is 0 Å². The summed E-state index contributed by atoms with van der Waals surface area (Å²) in [7, 11) is 2.34. The number of hydrogen-bond donors (Lipinski definition) is 0. The molecule has 0 aromatic carbocycles. The molecule has 11 heavy (non-hydrogen) atoms. The monoisotopic (exact) mass is 161 g/mol. The molecule has 0 rings (SSSR count). The summed E-state index contributed by atoms with van der Waals surface area (Å²) in [6.45, 7) is 10.7. The van der Waals surface area contributed by atoms with Gasteiger partial charge in [-0.05, 0) is 20.3 Å². The van der Waals surface area contributed by atoms with E-state index in [1.807, 2.05) is 0 Å². The van der Waals surface area contributed by atoms with Gasteiger partial charge < -0.3 is 9.96 Å². The average Bonchev–Trinajstić information content (AvgIpc) is 2.00. The Morgan fingerprint density at radius 2 is 1.45 bits per heavy atom. The van der Waals surface area contributed by atoms with Crippen LogP contribution in [-0.4, -0.2) is 36.6 Å². The summed E-state index contributed by atoms with van der Waals surface area (Å²) >= 11 is 0. The van der Waals surface area contributed by atoms with E-state index in [2.05, 4.69) is 27.8 Å². The minimum absolute atomic E-state index is 0. The average molecular weight is 161 g/mol. The van der Waals surface area contributed by atoms with Crippen molar-refractivity contribution in [1.29, 1.82) is 0 Å². The normalized spacial score (nSPS) is 10.9. The van der Waals surface area contributed by atoms with Gasteiger partial charge in [-0.25, -0.2) is 0 Å². The van der Waals surface area contributed by atoms with Gasteiger partial charge in [-0.3, -0.25) is 0 Å². The van der Waals surface area contributed by atoms with Crippen molar-refractivity contribution in [2.75, 3.05) is 26.7 Å². The van der Waals surface area contributed by atoms with E-state index in [0.29, 0.717) is 0 Å². The van der Waals surface area contributed by atoms with Gasteiger partial charge in [0, 0.05) is 0 Å². The highest BCUT2D eigenvalue weighted by Crippen LogP contribution is 2.03. The van der Waals surface area contributed by atoms with Gasteiger partial charge in [0.25, 0.3) is 0 Å². The Bertz CT molecular complexity index is 79.6. The van der Waals surface area contributed by atoms with Crippen LogP contribution in [0.1, 0.15) is 33.6 Å². The van der Waals surface area contributed by atoms with Gasteiger partial charge in [-0.1, -0.05) is 13.3 Å². The molecule has 0 amide bonds. The van der Waals surface area contributed by atoms with Crippen LogP contribution >= 0.6 is 0 Å². The van der Waals surface area contributed by atoms with E-state index in [1.165, 1.54) is 37.0 Å². The van der Waals surface area contributed by atoms with Crippen LogP contribution in [0.15, 0.2) is 0 Å². The van der Waals surface area contributed by atoms with E-state index in [9.17, 15) is 0 Å². The highest BCUT2D eigenvalue weighted by molar-refractivity contribution is 4.35. The van der Waals surface area contributed by atoms with Gasteiger partial charge in [-0.2, -0.15) is 0 Å². The van der Waals surface area contributed by atoms with Crippen LogP contribution in [0.25, 0.3) is 0 Å². The lowest BCUT2D eigenvalue weighted by molar-refractivity contribution is -0.906. The van der Waals surface area contributed by atoms with Crippen LogP contribution in [0, 0.1) is 0 Å². The molecule has 0 fully saturated rings. The number of nitrogens with zero attached hydrogens (tertiary/aromatic N) is 1. The van der Waals surface area contributed by atoms with Crippen LogP contribution in [-0.2, 0) is 0 Å². The molecule has 0 aliphatic heterocycles. The third-order valence-electron chi connectivity index (χ3n) is 2.58. The molecule has 1 N–H and O–H groups in total. The Kier molecular flexibility index (Phi) is 8.13. The van der Waals surface area contributed by atoms with Crippen molar-refractivity contribution < 1.29 is 9.96 Å². The zero-order valence-electron chi connectivity index (χ0n) is 8.43. The lowest BCUT2D eigenvalue weighted by Gasteiger charge is -2.31. The molecule has 0 saturated carbocycles. The minimum atomic E-state index is 0. The van der Waals surface area contributed by atoms with Crippen molar-refractivity contribution in [2.24, 2.45) is 0 Å². The maximum Gasteiger partial charge on any atom is 0.0784 e. The molecule has 2 nitrogen and oxygen atoms in total. The van der Waals surface area contributed by atoms with Crippen molar-refractivity contribution in [3.63, 3.8) is 0 Å². The highest BCUT2D eigenvalue weighted by Gasteiger charge is 2.13. The largest absolute Gasteiger partial charge is 0.870 e. The van der Waals surface area contributed by atoms with E-state index in [-0.39, 0.29) is 5.48 Å². The zero-order chi connectivity index (χ0) is 8.04. The summed E-state index contributed by atoms with van der Waals surface area (Å²) in [5.41, 5.74) is 0. The molecular formula is C9H23NO. The summed E-state index contributed by atoms with van der Waals surface area (Å²) in [5.74, 6) is 0. The number of hydrogen-bond acceptors (Lipinski definition) is 1. The molecule has 0 aliphatic carbocycles. The Morgan fingerprint density at radius 3 is 1.73 bits per heavy atom. The van der Waals surface area contributed by atoms with Crippen LogP contribution in [0.5, 0.6) is 0 Å². The summed E-state index contributed by atoms with van der Waals surface area (Å²) in [4.78, 5) is 0. The Balaban J connectivity index is 0. The quantitative estimate of drug-likeness (QED) is 0.568. The number of quaternary nitrogens is 1. The molecular weight excluding hydrogens is 138 g/mol. The zero-order valence-corrected chi connectivity index (χ0v) is 8.43. The Morgan fingerprint density at radius 1 is 1.00 bits per heavy atom. The maximum atomic E-state index is 2.34. The third kappa shape index (κ3) is 5.22. The lowest BCUT2D eigenvalue weighted by Crippen LogP contribution is -2.44. The van der Waals surface area contributed by atoms with Gasteiger partial charge in [0.1, 0.15) is 0 Å². The van der Waals surface area contributed by atoms with E-state index in [1.54, 1.807) is 0 Å². The second kappa shape index (κ2) is 6.62. The Labute approximate surface area is 71.1 Å². The molecule has 0 unspecified atom stereocenters. The third-order valence-corrected chi connectivity index (χ3v) is 2.58. The minimum Gasteiger partial charge on any atom is -0.870 e. The topological polar surface area (TPSA) is 30.0 Å². The standard InChI is InChI=1S/C9H22N.H2O/c1-5-8-9-10(4,6-2)7-3;/h5-9H2,1-4H3;1H2/q+1;/p-1. The van der Waals surface area contributed by atoms with Crippen LogP contribution in [0.2, 0.25) is 0 Å². The smallest absolute Gasteiger partial charge is 0.0784 e. The van der Waals surface area contributed by atoms with Crippen LogP contribution in [0.3, 0.4) is 0 Å². The molecule has 0 aliphatic rings. The second-order valence-corrected chi connectivity index (χ2v) is 3.33. The van der Waals surface area contributed by atoms with Crippen molar-refractivity contribution in [3.8, 4) is 0 Å². The molecule has 0 radical (unpaired) electrons. The van der Waals surface area contributed by atoms with Gasteiger partial charge in [0.05, 0.1) is 26.7 Å². The second-order valence-electron chi connectivity index (χ2n) is 3.33. The van der Waals surface area contributed by atoms with Crippen molar-refractivity contribution >= 4 is 0 Å². The van der Waals surface area contributed by atoms with E-state index in [4.69, 9.17) is 0 Å². The summed E-state index contributed by atoms with van der Waals surface area (Å²) < 4.78 is 1.24. The fraction of sp³-hybridized carbons (Fsp3) is 1.00. The molecule has 0 heterocycles. The molecule has 0 bridgehead atoms. The molecule has 0 spiro atoms. The summed E-state index contributed by atoms with van der Waals surface area (Å²) in [6.07, 6.45) is 2.70. The first kappa shape index (κ1) is 13.5. The van der Waals surface area contributed by atoms with E-state index < -0.39 is 0 Å². The predicted octanol–water partition coefficient (Wildman–Crippen LogP) is 2.10. The fourth-order valence-corrected chi connectivity index (χ4v) is 1.08. The van der Waals surface area contributed by atoms with E-state index in [0.717, 1.165) is 0 Å². The SMILES string of the molecule is CCCC[N+](C)(CC)CC.[OH-]. The summed E-state index contributed by atoms with van der Waals surface area (Å²) in [5, 5.41) is 0. The van der Waals surface area contributed by atoms with Crippen LogP contribution in [0.4, 0.5) is 0 Å². The highest BCUT2D eigenvalue weighted by atomic mass is 16.0. The van der Waals surface area contributed by atoms with Crippen molar-refractivity contribution in [3.05, 3.63) is 0 Å². The fourth-order valence-electron chi connectivity index (χ4n) is 1.08. The maximum absolute atomic E-state index is 2.34. The van der Waals surface area contributed by atoms with Crippen molar-refractivity contribution in [1.82, 2.24) is 0 Å². The first-order chi connectivity index (χ1) is 4.68. The van der Waals surface area contributed by atoms with Gasteiger partial charge in [0.2, 0.25) is 0 Å². The molecule has 0 saturated heterocycles. The van der Waals surface area contributed by atoms with Crippen molar-refractivity contribution in [2.45, 2.75) is 33.6 Å². The van der Waals surface area contributed by atoms with Crippen LogP contribution < -0.4 is 0 Å². The molecule has 0 atom stereocenters. The molecule has 0 aromatic rings. The lowest BCUT2D eigenvalue weighted by atomic mass is 10.3. The number of unbranched alkanes of at least 4 members (excludes halogenated alkanes) is 1. The Hall–Kier alpha value is -0.0800. The predicted molar refractivity (Wildman–Crippen MR) is 49.0 cm³/mol. The first-order valence-electron chi connectivity index (χ1n) is 4.52. The first-order valence-corrected chi connectivity index (χ1v) is 4.52. The van der Waals surface area contributed by atoms with Gasteiger partial charge in [0.15, 0.2) is 0 Å². The molecule has 2 heteroatoms. The number of rotatable bonds is 5. The van der Waals surface area contributed by atoms with Gasteiger partial charge in [-0.15, -0.1) is 0 Å². The molecule has 0 aromatic heterocycles. The summed E-state index contributed by atoms with van der Waals surface area (Å²) in [6, 6.07) is 0.